The second kappa shape index (κ2) is 7.80. The van der Waals surface area contributed by atoms with Crippen LogP contribution in [0.15, 0.2) is 78.9 Å². The fraction of sp³-hybridized carbons (Fsp3) is 0.167. The highest BCUT2D eigenvalue weighted by Crippen LogP contribution is 2.27. The quantitative estimate of drug-likeness (QED) is 0.742. The maximum atomic E-state index is 12.9. The molecule has 3 aromatic carbocycles. The Morgan fingerprint density at radius 3 is 2.41 bits per heavy atom. The second-order valence-electron chi connectivity index (χ2n) is 7.25. The molecule has 1 heterocycles. The van der Waals surface area contributed by atoms with E-state index in [4.69, 9.17) is 0 Å². The largest absolute Gasteiger partial charge is 0.508 e. The third-order valence-electron chi connectivity index (χ3n) is 5.20. The summed E-state index contributed by atoms with van der Waals surface area (Å²) < 4.78 is 0. The molecular weight excluding hydrogens is 364 g/mol. The molecule has 4 rings (SSSR count). The lowest BCUT2D eigenvalue weighted by atomic mass is 10.0. The van der Waals surface area contributed by atoms with Crippen molar-refractivity contribution in [1.82, 2.24) is 4.90 Å². The first kappa shape index (κ1) is 18.7. The summed E-state index contributed by atoms with van der Waals surface area (Å²) >= 11 is 0. The molecule has 1 fully saturated rings. The van der Waals surface area contributed by atoms with Gasteiger partial charge in [0.05, 0.1) is 0 Å². The van der Waals surface area contributed by atoms with E-state index in [0.29, 0.717) is 12.1 Å². The lowest BCUT2D eigenvalue weighted by molar-refractivity contribution is -0.121. The Labute approximate surface area is 169 Å². The van der Waals surface area contributed by atoms with Gasteiger partial charge in [0.15, 0.2) is 0 Å². The number of hydrogen-bond acceptors (Lipinski definition) is 3. The molecule has 0 saturated carbocycles. The lowest BCUT2D eigenvalue weighted by Crippen LogP contribution is -2.57. The summed E-state index contributed by atoms with van der Waals surface area (Å²) in [4.78, 5) is 29.0. The normalized spacial score (nSPS) is 16.7. The highest BCUT2D eigenvalue weighted by atomic mass is 16.3. The molecule has 0 unspecified atom stereocenters. The van der Waals surface area contributed by atoms with Crippen LogP contribution in [0.1, 0.15) is 17.3 Å². The predicted molar refractivity (Wildman–Crippen MR) is 113 cm³/mol. The van der Waals surface area contributed by atoms with Crippen molar-refractivity contribution in [3.63, 3.8) is 0 Å². The third kappa shape index (κ3) is 3.85. The number of anilines is 1. The van der Waals surface area contributed by atoms with Crippen LogP contribution in [0.3, 0.4) is 0 Å². The molecule has 29 heavy (non-hydrogen) atoms. The number of rotatable bonds is 3. The Morgan fingerprint density at radius 2 is 1.66 bits per heavy atom. The fourth-order valence-electron chi connectivity index (χ4n) is 3.66. The fourth-order valence-corrected chi connectivity index (χ4v) is 3.66. The second-order valence-corrected chi connectivity index (χ2v) is 7.25. The van der Waals surface area contributed by atoms with Crippen molar-refractivity contribution in [3.8, 4) is 16.9 Å². The smallest absolute Gasteiger partial charge is 0.254 e. The summed E-state index contributed by atoms with van der Waals surface area (Å²) in [5.41, 5.74) is 3.34. The number of amides is 2. The molecule has 0 aromatic heterocycles. The zero-order valence-electron chi connectivity index (χ0n) is 16.2. The summed E-state index contributed by atoms with van der Waals surface area (Å²) in [6.07, 6.45) is 0. The van der Waals surface area contributed by atoms with Gasteiger partial charge in [-0.1, -0.05) is 48.5 Å². The van der Waals surface area contributed by atoms with E-state index in [0.717, 1.165) is 16.8 Å². The van der Waals surface area contributed by atoms with E-state index in [1.165, 1.54) is 12.1 Å². The number of benzene rings is 3. The van der Waals surface area contributed by atoms with Gasteiger partial charge in [-0.3, -0.25) is 9.59 Å². The first-order chi connectivity index (χ1) is 14.0. The standard InChI is InChI=1S/C24H22N2O3/c1-17-15-26(21-11-5-9-19(13-21)18-7-3-2-4-8-18)23(28)16-25(17)24(29)20-10-6-12-22(27)14-20/h2-14,17,27H,15-16H2,1H3/t17-/m1/s1. The first-order valence-corrected chi connectivity index (χ1v) is 9.59. The van der Waals surface area contributed by atoms with Gasteiger partial charge in [-0.25, -0.2) is 0 Å². The molecule has 2 amide bonds. The van der Waals surface area contributed by atoms with E-state index in [1.54, 1.807) is 21.9 Å². The number of hydrogen-bond donors (Lipinski definition) is 1. The van der Waals surface area contributed by atoms with Crippen LogP contribution < -0.4 is 4.90 Å². The summed E-state index contributed by atoms with van der Waals surface area (Å²) in [6.45, 7) is 2.36. The molecular formula is C24H22N2O3. The minimum absolute atomic E-state index is 0.00518. The van der Waals surface area contributed by atoms with Gasteiger partial charge in [-0.15, -0.1) is 0 Å². The molecule has 0 radical (unpaired) electrons. The van der Waals surface area contributed by atoms with Crippen LogP contribution in [0.25, 0.3) is 11.1 Å². The van der Waals surface area contributed by atoms with E-state index < -0.39 is 0 Å². The zero-order valence-corrected chi connectivity index (χ0v) is 16.2. The average Bonchev–Trinajstić information content (AvgIpc) is 2.75. The van der Waals surface area contributed by atoms with Crippen LogP contribution in [0.5, 0.6) is 5.75 Å². The lowest BCUT2D eigenvalue weighted by Gasteiger charge is -2.39. The van der Waals surface area contributed by atoms with Gasteiger partial charge in [0.25, 0.3) is 5.91 Å². The molecule has 3 aromatic rings. The maximum Gasteiger partial charge on any atom is 0.254 e. The van der Waals surface area contributed by atoms with Crippen molar-refractivity contribution in [3.05, 3.63) is 84.4 Å². The summed E-state index contributed by atoms with van der Waals surface area (Å²) in [5, 5.41) is 9.64. The number of piperazine rings is 1. The Bertz CT molecular complexity index is 1050. The summed E-state index contributed by atoms with van der Waals surface area (Å²) in [5.74, 6) is -0.340. The topological polar surface area (TPSA) is 60.9 Å². The van der Waals surface area contributed by atoms with E-state index in [1.807, 2.05) is 61.5 Å². The molecule has 1 atom stereocenters. The molecule has 0 aliphatic carbocycles. The van der Waals surface area contributed by atoms with Gasteiger partial charge < -0.3 is 14.9 Å². The molecule has 0 spiro atoms. The van der Waals surface area contributed by atoms with E-state index in [2.05, 4.69) is 0 Å². The molecule has 1 N–H and O–H groups in total. The maximum absolute atomic E-state index is 12.9. The van der Waals surface area contributed by atoms with Crippen LogP contribution in [-0.4, -0.2) is 41.0 Å². The SMILES string of the molecule is C[C@@H]1CN(c2cccc(-c3ccccc3)c2)C(=O)CN1C(=O)c1cccc(O)c1. The highest BCUT2D eigenvalue weighted by molar-refractivity contribution is 6.02. The van der Waals surface area contributed by atoms with E-state index in [9.17, 15) is 14.7 Å². The van der Waals surface area contributed by atoms with Gasteiger partial charge in [0.2, 0.25) is 5.91 Å². The molecule has 1 aliphatic heterocycles. The van der Waals surface area contributed by atoms with Crippen molar-refractivity contribution in [1.29, 1.82) is 0 Å². The number of nitrogens with zero attached hydrogens (tertiary/aromatic N) is 2. The van der Waals surface area contributed by atoms with Crippen molar-refractivity contribution in [2.75, 3.05) is 18.0 Å². The van der Waals surface area contributed by atoms with E-state index >= 15 is 0 Å². The molecule has 0 bridgehead atoms. The van der Waals surface area contributed by atoms with Crippen molar-refractivity contribution in [2.24, 2.45) is 0 Å². The predicted octanol–water partition coefficient (Wildman–Crippen LogP) is 3.94. The minimum atomic E-state index is -0.251. The average molecular weight is 386 g/mol. The number of carbonyl (C=O) groups is 2. The van der Waals surface area contributed by atoms with Gasteiger partial charge in [-0.2, -0.15) is 0 Å². The van der Waals surface area contributed by atoms with Crippen LogP contribution in [-0.2, 0) is 4.79 Å². The van der Waals surface area contributed by atoms with Crippen molar-refractivity contribution in [2.45, 2.75) is 13.0 Å². The Kier molecular flexibility index (Phi) is 5.04. The Balaban J connectivity index is 1.55. The van der Waals surface area contributed by atoms with Gasteiger partial charge in [-0.05, 0) is 48.4 Å². The summed E-state index contributed by atoms with van der Waals surface area (Å²) in [6, 6.07) is 24.0. The Hall–Kier alpha value is -3.60. The van der Waals surface area contributed by atoms with Crippen LogP contribution in [0, 0.1) is 0 Å². The van der Waals surface area contributed by atoms with Gasteiger partial charge in [0, 0.05) is 23.8 Å². The van der Waals surface area contributed by atoms with Crippen molar-refractivity contribution < 1.29 is 14.7 Å². The molecule has 5 heteroatoms. The van der Waals surface area contributed by atoms with Gasteiger partial charge >= 0.3 is 0 Å². The number of carbonyl (C=O) groups excluding carboxylic acids is 2. The van der Waals surface area contributed by atoms with Crippen molar-refractivity contribution >= 4 is 17.5 Å². The summed E-state index contributed by atoms with van der Waals surface area (Å²) in [7, 11) is 0. The number of phenols is 1. The zero-order chi connectivity index (χ0) is 20.4. The number of phenolic OH excluding ortho intramolecular Hbond substituents is 1. The molecule has 146 valence electrons. The monoisotopic (exact) mass is 386 g/mol. The highest BCUT2D eigenvalue weighted by Gasteiger charge is 2.33. The van der Waals surface area contributed by atoms with Crippen LogP contribution in [0.2, 0.25) is 0 Å². The minimum Gasteiger partial charge on any atom is -0.508 e. The van der Waals surface area contributed by atoms with E-state index in [-0.39, 0.29) is 30.2 Å². The molecule has 1 saturated heterocycles. The molecule has 1 aliphatic rings. The molecule has 5 nitrogen and oxygen atoms in total. The van der Waals surface area contributed by atoms with Gasteiger partial charge in [0.1, 0.15) is 12.3 Å². The first-order valence-electron chi connectivity index (χ1n) is 9.59. The van der Waals surface area contributed by atoms with Crippen LogP contribution in [0.4, 0.5) is 5.69 Å². The number of aromatic hydroxyl groups is 1. The Morgan fingerprint density at radius 1 is 0.931 bits per heavy atom. The van der Waals surface area contributed by atoms with Crippen LogP contribution >= 0.6 is 0 Å². The third-order valence-corrected chi connectivity index (χ3v) is 5.20.